The normalized spacial score (nSPS) is 24.1. The van der Waals surface area contributed by atoms with E-state index in [0.29, 0.717) is 11.5 Å². The summed E-state index contributed by atoms with van der Waals surface area (Å²) in [5.74, 6) is 7.03. The van der Waals surface area contributed by atoms with Crippen LogP contribution in [0.25, 0.3) is 0 Å². The van der Waals surface area contributed by atoms with Gasteiger partial charge in [0.2, 0.25) is 6.04 Å². The van der Waals surface area contributed by atoms with E-state index in [1.807, 2.05) is 0 Å². The summed E-state index contributed by atoms with van der Waals surface area (Å²) in [5.41, 5.74) is 5.46. The van der Waals surface area contributed by atoms with Gasteiger partial charge in [0.25, 0.3) is 5.91 Å². The van der Waals surface area contributed by atoms with Gasteiger partial charge >= 0.3 is 10.0 Å². The first-order chi connectivity index (χ1) is 12.6. The molecule has 2 rings (SSSR count). The number of nitrogens with zero attached hydrogens (tertiary/aromatic N) is 1. The molecule has 0 aliphatic carbocycles. The van der Waals surface area contributed by atoms with Crippen molar-refractivity contribution in [1.29, 1.82) is 0 Å². The summed E-state index contributed by atoms with van der Waals surface area (Å²) < 4.78 is 29.3. The maximum atomic E-state index is 13.1. The van der Waals surface area contributed by atoms with Crippen LogP contribution in [0.15, 0.2) is 29.2 Å². The van der Waals surface area contributed by atoms with Crippen LogP contribution >= 0.6 is 11.8 Å². The zero-order valence-electron chi connectivity index (χ0n) is 15.0. The average Bonchev–Trinajstić information content (AvgIpc) is 2.57. The molecule has 1 amide bonds. The van der Waals surface area contributed by atoms with Crippen molar-refractivity contribution in [2.45, 2.75) is 29.5 Å². The largest absolute Gasteiger partial charge is 0.481 e. The van der Waals surface area contributed by atoms with Crippen LogP contribution in [0.3, 0.4) is 0 Å². The highest BCUT2D eigenvalue weighted by molar-refractivity contribution is 8.00. The number of quaternary nitrogens is 1. The van der Waals surface area contributed by atoms with E-state index >= 15 is 0 Å². The van der Waals surface area contributed by atoms with Crippen molar-refractivity contribution >= 4 is 27.7 Å². The summed E-state index contributed by atoms with van der Waals surface area (Å²) in [6.07, 6.45) is 5.00. The molecule has 1 fully saturated rings. The van der Waals surface area contributed by atoms with Gasteiger partial charge in [-0.2, -0.15) is 13.6 Å². The Hall–Kier alpha value is -2.17. The van der Waals surface area contributed by atoms with Gasteiger partial charge in [0.1, 0.15) is 23.8 Å². The molecule has 0 spiro atoms. The van der Waals surface area contributed by atoms with Gasteiger partial charge in [0.05, 0.1) is 4.75 Å². The fourth-order valence-electron chi connectivity index (χ4n) is 3.03. The molecular weight excluding hydrogens is 388 g/mol. The number of thioether (sulfide) groups is 1. The Bertz CT molecular complexity index is 923. The van der Waals surface area contributed by atoms with E-state index in [4.69, 9.17) is 16.9 Å². The summed E-state index contributed by atoms with van der Waals surface area (Å²) >= 11 is 1.40. The third-order valence-corrected chi connectivity index (χ3v) is 7.67. The first-order valence-electron chi connectivity index (χ1n) is 8.01. The number of nitrogens with two attached hydrogens (primary N) is 1. The van der Waals surface area contributed by atoms with Gasteiger partial charge in [0.15, 0.2) is 0 Å². The van der Waals surface area contributed by atoms with Crippen molar-refractivity contribution in [1.82, 2.24) is 0 Å². The summed E-state index contributed by atoms with van der Waals surface area (Å²) in [4.78, 5) is 11.9. The van der Waals surface area contributed by atoms with Crippen LogP contribution in [0.1, 0.15) is 13.8 Å². The van der Waals surface area contributed by atoms with Crippen LogP contribution in [-0.2, 0) is 14.8 Å². The van der Waals surface area contributed by atoms with Crippen LogP contribution in [0.2, 0.25) is 0 Å². The van der Waals surface area contributed by atoms with E-state index in [1.54, 1.807) is 13.8 Å². The second kappa shape index (κ2) is 7.83. The quantitative estimate of drug-likeness (QED) is 0.555. The maximum absolute atomic E-state index is 13.1. The third-order valence-electron chi connectivity index (χ3n) is 4.23. The van der Waals surface area contributed by atoms with Crippen molar-refractivity contribution in [2.24, 2.45) is 5.73 Å². The smallest absolute Gasteiger partial charge is 0.357 e. The summed E-state index contributed by atoms with van der Waals surface area (Å²) in [6.45, 7) is 3.30. The number of terminal acetylenes is 1. The minimum Gasteiger partial charge on any atom is -0.481 e. The Labute approximate surface area is 163 Å². The highest BCUT2D eigenvalue weighted by atomic mass is 32.2. The Kier molecular flexibility index (Phi) is 6.13. The second-order valence-corrected chi connectivity index (χ2v) is 10.2. The number of benzene rings is 1. The Morgan fingerprint density at radius 3 is 2.63 bits per heavy atom. The minimum atomic E-state index is -4.30. The van der Waals surface area contributed by atoms with Gasteiger partial charge in [-0.1, -0.05) is 4.05 Å². The highest BCUT2D eigenvalue weighted by Crippen LogP contribution is 2.42. The van der Waals surface area contributed by atoms with Crippen molar-refractivity contribution in [3.63, 3.8) is 0 Å². The fraction of sp³-hybridized carbons (Fsp3) is 0.389. The molecule has 9 heteroatoms. The summed E-state index contributed by atoms with van der Waals surface area (Å²) in [6, 6.07) is 4.19. The first kappa shape index (κ1) is 21.1. The van der Waals surface area contributed by atoms with E-state index in [-0.39, 0.29) is 18.0 Å². The van der Waals surface area contributed by atoms with E-state index in [0.717, 1.165) is 0 Å². The maximum Gasteiger partial charge on any atom is 0.357 e. The van der Waals surface area contributed by atoms with Crippen LogP contribution < -0.4 is 10.5 Å². The van der Waals surface area contributed by atoms with Gasteiger partial charge in [0, 0.05) is 5.75 Å². The fourth-order valence-corrected chi connectivity index (χ4v) is 6.38. The molecule has 144 valence electrons. The second-order valence-electron chi connectivity index (χ2n) is 6.42. The molecule has 1 heterocycles. The van der Waals surface area contributed by atoms with E-state index in [9.17, 15) is 18.4 Å². The molecule has 1 aliphatic heterocycles. The van der Waals surface area contributed by atoms with Crippen LogP contribution in [0.4, 0.5) is 0 Å². The Morgan fingerprint density at radius 1 is 1.44 bits per heavy atom. The lowest BCUT2D eigenvalue weighted by atomic mass is 10.0. The van der Waals surface area contributed by atoms with Crippen LogP contribution in [0, 0.1) is 24.2 Å². The molecule has 3 N–H and O–H groups in total. The van der Waals surface area contributed by atoms with Crippen molar-refractivity contribution in [3.05, 3.63) is 24.3 Å². The third kappa shape index (κ3) is 4.07. The summed E-state index contributed by atoms with van der Waals surface area (Å²) in [7, 11) is -4.30. The number of carbonyl (C=O) groups excluding carboxylic acids is 1. The van der Waals surface area contributed by atoms with Crippen molar-refractivity contribution in [2.75, 3.05) is 18.9 Å². The van der Waals surface area contributed by atoms with Crippen LogP contribution in [-0.4, -0.2) is 53.3 Å². The van der Waals surface area contributed by atoms with Crippen molar-refractivity contribution < 1.29 is 27.2 Å². The molecule has 1 aliphatic rings. The molecule has 1 unspecified atom stereocenters. The number of primary amides is 1. The molecule has 1 aromatic rings. The highest BCUT2D eigenvalue weighted by Gasteiger charge is 2.61. The molecule has 0 saturated carbocycles. The predicted octanol–water partition coefficient (Wildman–Crippen LogP) is 0.976. The van der Waals surface area contributed by atoms with Crippen molar-refractivity contribution in [3.8, 4) is 29.9 Å². The van der Waals surface area contributed by atoms with Gasteiger partial charge < -0.3 is 10.5 Å². The lowest BCUT2D eigenvalue weighted by molar-refractivity contribution is -1.01. The molecule has 27 heavy (non-hydrogen) atoms. The predicted molar refractivity (Wildman–Crippen MR) is 102 cm³/mol. The number of hydrogen-bond donors (Lipinski definition) is 2. The van der Waals surface area contributed by atoms with Gasteiger partial charge in [-0.3, -0.25) is 4.79 Å². The number of hydroxylamine groups is 2. The average molecular weight is 410 g/mol. The minimum absolute atomic E-state index is 0.0610. The van der Waals surface area contributed by atoms with Gasteiger partial charge in [-0.25, -0.2) is 0 Å². The van der Waals surface area contributed by atoms with Gasteiger partial charge in [-0.15, -0.1) is 18.2 Å². The zero-order chi connectivity index (χ0) is 20.3. The topological polar surface area (TPSA) is 107 Å². The number of carbonyl (C=O) groups is 1. The number of amides is 1. The Morgan fingerprint density at radius 2 is 2.07 bits per heavy atom. The van der Waals surface area contributed by atoms with E-state index in [1.165, 1.54) is 36.0 Å². The molecule has 0 radical (unpaired) electrons. The molecule has 1 saturated heterocycles. The molecule has 2 atom stereocenters. The lowest BCUT2D eigenvalue weighted by Gasteiger charge is -2.44. The SMILES string of the molecule is C#CC#CCOc1ccc(S(=O)(=O)[N+]2(O)CCSC(C)(C)[C@@H]2C(N)=O)cc1. The number of hydrogen-bond acceptors (Lipinski definition) is 6. The first-order valence-corrected chi connectivity index (χ1v) is 10.4. The Balaban J connectivity index is 2.36. The standard InChI is InChI=1S/C18H20N2O5S2/c1-4-5-6-12-25-14-7-9-15(10-8-14)27(23,24)20(22)11-13-26-18(2,3)16(20)17(19)21/h1,7-10,16,22H,11-13H2,2-3H3,(H-,19,21)/p+1/t16-,20?/m0/s1. The monoisotopic (exact) mass is 409 g/mol. The zero-order valence-corrected chi connectivity index (χ0v) is 16.6. The van der Waals surface area contributed by atoms with E-state index < -0.39 is 30.8 Å². The molecule has 1 aromatic carbocycles. The molecule has 0 aromatic heterocycles. The van der Waals surface area contributed by atoms with E-state index in [2.05, 4.69) is 17.8 Å². The lowest BCUT2D eigenvalue weighted by Crippen LogP contribution is -2.70. The number of rotatable bonds is 5. The van der Waals surface area contributed by atoms with Crippen LogP contribution in [0.5, 0.6) is 5.75 Å². The molecule has 0 bridgehead atoms. The summed E-state index contributed by atoms with van der Waals surface area (Å²) in [5, 5.41) is 11.1. The molecule has 7 nitrogen and oxygen atoms in total. The molecular formula is C18H21N2O5S2+. The number of sulfonamides is 1. The van der Waals surface area contributed by atoms with Gasteiger partial charge in [-0.05, 0) is 55.9 Å². The number of ether oxygens (including phenoxy) is 1.